The van der Waals surface area contributed by atoms with Gasteiger partial charge in [-0.25, -0.2) is 0 Å². The second-order valence-corrected chi connectivity index (χ2v) is 10.2. The standard InChI is InChI=1S/C22H19ClN8O4S2/c1-12-6-7-14(8-17(12)31(34)35)20(33)24-10-18-27-29-22(30(18)16-5-3-4-15(23)9-16)36-11-19(32)25-21-28-26-13(2)37-21/h3-9H,10-11H2,1-2H3,(H,24,33)(H,25,28,32). The first-order valence-electron chi connectivity index (χ1n) is 10.7. The second kappa shape index (κ2) is 11.5. The van der Waals surface area contributed by atoms with Crippen molar-refractivity contribution < 1.29 is 14.5 Å². The van der Waals surface area contributed by atoms with E-state index in [2.05, 4.69) is 31.0 Å². The summed E-state index contributed by atoms with van der Waals surface area (Å²) in [6.45, 7) is 3.36. The van der Waals surface area contributed by atoms with Crippen molar-refractivity contribution in [2.75, 3.05) is 11.1 Å². The molecule has 12 nitrogen and oxygen atoms in total. The molecule has 2 heterocycles. The predicted molar refractivity (Wildman–Crippen MR) is 139 cm³/mol. The first-order chi connectivity index (χ1) is 17.7. The molecule has 2 aromatic heterocycles. The fraction of sp³-hybridized carbons (Fsp3) is 0.182. The van der Waals surface area contributed by atoms with Crippen LogP contribution in [-0.4, -0.2) is 47.5 Å². The van der Waals surface area contributed by atoms with Gasteiger partial charge in [-0.05, 0) is 38.1 Å². The van der Waals surface area contributed by atoms with Crippen molar-refractivity contribution in [1.82, 2.24) is 30.3 Å². The number of aryl methyl sites for hydroxylation is 2. The number of benzene rings is 2. The van der Waals surface area contributed by atoms with E-state index in [1.54, 1.807) is 42.7 Å². The zero-order valence-corrected chi connectivity index (χ0v) is 21.9. The van der Waals surface area contributed by atoms with E-state index in [4.69, 9.17) is 11.6 Å². The normalized spacial score (nSPS) is 10.8. The van der Waals surface area contributed by atoms with Gasteiger partial charge in [0.05, 0.1) is 22.9 Å². The maximum absolute atomic E-state index is 12.7. The van der Waals surface area contributed by atoms with E-state index in [0.29, 0.717) is 32.4 Å². The number of hydrogen-bond donors (Lipinski definition) is 2. The van der Waals surface area contributed by atoms with Gasteiger partial charge in [0.15, 0.2) is 11.0 Å². The Morgan fingerprint density at radius 1 is 1.14 bits per heavy atom. The molecule has 0 bridgehead atoms. The molecule has 4 rings (SSSR count). The summed E-state index contributed by atoms with van der Waals surface area (Å²) in [4.78, 5) is 35.8. The molecule has 2 amide bonds. The molecule has 0 saturated heterocycles. The monoisotopic (exact) mass is 558 g/mol. The average Bonchev–Trinajstić information content (AvgIpc) is 3.46. The summed E-state index contributed by atoms with van der Waals surface area (Å²) in [6.07, 6.45) is 0. The molecule has 0 unspecified atom stereocenters. The number of rotatable bonds is 9. The molecule has 0 fully saturated rings. The van der Waals surface area contributed by atoms with Crippen LogP contribution in [-0.2, 0) is 11.3 Å². The fourth-order valence-corrected chi connectivity index (χ4v) is 4.79. The Kier molecular flexibility index (Phi) is 8.11. The molecule has 0 atom stereocenters. The average molecular weight is 559 g/mol. The van der Waals surface area contributed by atoms with Crippen LogP contribution in [0.5, 0.6) is 0 Å². The maximum Gasteiger partial charge on any atom is 0.273 e. The van der Waals surface area contributed by atoms with Crippen LogP contribution in [0.25, 0.3) is 5.69 Å². The number of nitro groups is 1. The molecule has 190 valence electrons. The Labute approximate surface area is 223 Å². The third-order valence-corrected chi connectivity index (χ3v) is 6.86. The highest BCUT2D eigenvalue weighted by atomic mass is 35.5. The van der Waals surface area contributed by atoms with Crippen LogP contribution in [0.4, 0.5) is 10.8 Å². The fourth-order valence-electron chi connectivity index (χ4n) is 3.22. The van der Waals surface area contributed by atoms with Gasteiger partial charge in [-0.15, -0.1) is 20.4 Å². The lowest BCUT2D eigenvalue weighted by Crippen LogP contribution is -2.25. The minimum atomic E-state index is -0.534. The molecular formula is C22H19ClN8O4S2. The summed E-state index contributed by atoms with van der Waals surface area (Å²) < 4.78 is 1.68. The minimum absolute atomic E-state index is 0.0245. The number of anilines is 1. The molecule has 2 N–H and O–H groups in total. The number of nitrogens with zero attached hydrogens (tertiary/aromatic N) is 6. The van der Waals surface area contributed by atoms with E-state index in [9.17, 15) is 19.7 Å². The van der Waals surface area contributed by atoms with Crippen LogP contribution in [0, 0.1) is 24.0 Å². The van der Waals surface area contributed by atoms with E-state index in [1.807, 2.05) is 0 Å². The summed E-state index contributed by atoms with van der Waals surface area (Å²) in [5.74, 6) is -0.404. The van der Waals surface area contributed by atoms with Crippen molar-refractivity contribution in [2.45, 2.75) is 25.5 Å². The highest BCUT2D eigenvalue weighted by molar-refractivity contribution is 7.99. The highest BCUT2D eigenvalue weighted by Crippen LogP contribution is 2.25. The van der Waals surface area contributed by atoms with Gasteiger partial charge in [0.1, 0.15) is 5.01 Å². The highest BCUT2D eigenvalue weighted by Gasteiger charge is 2.19. The third-order valence-electron chi connectivity index (χ3n) is 4.95. The van der Waals surface area contributed by atoms with Gasteiger partial charge in [-0.2, -0.15) is 0 Å². The Balaban J connectivity index is 1.52. The zero-order valence-electron chi connectivity index (χ0n) is 19.5. The lowest BCUT2D eigenvalue weighted by Gasteiger charge is -2.11. The van der Waals surface area contributed by atoms with Crippen molar-refractivity contribution in [3.8, 4) is 5.69 Å². The number of thioether (sulfide) groups is 1. The van der Waals surface area contributed by atoms with Crippen LogP contribution >= 0.6 is 34.7 Å². The molecule has 37 heavy (non-hydrogen) atoms. The number of carbonyl (C=O) groups excluding carboxylic acids is 2. The summed E-state index contributed by atoms with van der Waals surface area (Å²) in [5.41, 5.74) is 1.09. The minimum Gasteiger partial charge on any atom is -0.345 e. The molecule has 2 aromatic carbocycles. The molecule has 15 heteroatoms. The molecule has 0 aliphatic carbocycles. The number of halogens is 1. The number of hydrogen-bond acceptors (Lipinski definition) is 10. The first kappa shape index (κ1) is 26.2. The molecular weight excluding hydrogens is 540 g/mol. The molecule has 0 aliphatic rings. The Bertz CT molecular complexity index is 1490. The largest absolute Gasteiger partial charge is 0.345 e. The van der Waals surface area contributed by atoms with Gasteiger partial charge in [0.25, 0.3) is 11.6 Å². The van der Waals surface area contributed by atoms with Crippen LogP contribution < -0.4 is 10.6 Å². The maximum atomic E-state index is 12.7. The van der Waals surface area contributed by atoms with Gasteiger partial charge in [0, 0.05) is 22.2 Å². The zero-order chi connectivity index (χ0) is 26.5. The van der Waals surface area contributed by atoms with Crippen LogP contribution in [0.2, 0.25) is 5.02 Å². The summed E-state index contributed by atoms with van der Waals surface area (Å²) >= 11 is 8.59. The lowest BCUT2D eigenvalue weighted by atomic mass is 10.1. The van der Waals surface area contributed by atoms with Crippen molar-refractivity contribution in [3.63, 3.8) is 0 Å². The van der Waals surface area contributed by atoms with Crippen LogP contribution in [0.1, 0.15) is 26.8 Å². The van der Waals surface area contributed by atoms with Crippen LogP contribution in [0.15, 0.2) is 47.6 Å². The Morgan fingerprint density at radius 3 is 2.65 bits per heavy atom. The summed E-state index contributed by atoms with van der Waals surface area (Å²) in [6, 6.07) is 11.2. The number of carbonyl (C=O) groups is 2. The number of nitrogens with one attached hydrogen (secondary N) is 2. The number of amides is 2. The van der Waals surface area contributed by atoms with Crippen molar-refractivity contribution in [1.29, 1.82) is 0 Å². The summed E-state index contributed by atoms with van der Waals surface area (Å²) in [5, 5.41) is 34.8. The molecule has 0 radical (unpaired) electrons. The summed E-state index contributed by atoms with van der Waals surface area (Å²) in [7, 11) is 0. The SMILES string of the molecule is Cc1nnc(NC(=O)CSc2nnc(CNC(=O)c3ccc(C)c([N+](=O)[O-])c3)n2-c2cccc(Cl)c2)s1. The quantitative estimate of drug-likeness (QED) is 0.176. The topological polar surface area (TPSA) is 158 Å². The molecule has 0 spiro atoms. The van der Waals surface area contributed by atoms with Crippen molar-refractivity contribution in [3.05, 3.63) is 79.6 Å². The van der Waals surface area contributed by atoms with Crippen LogP contribution in [0.3, 0.4) is 0 Å². The molecule has 0 aliphatic heterocycles. The second-order valence-electron chi connectivity index (χ2n) is 7.62. The Hall–Kier alpha value is -3.88. The first-order valence-corrected chi connectivity index (χ1v) is 12.9. The predicted octanol–water partition coefficient (Wildman–Crippen LogP) is 3.96. The van der Waals surface area contributed by atoms with E-state index in [0.717, 1.165) is 16.8 Å². The molecule has 4 aromatic rings. The third kappa shape index (κ3) is 6.47. The lowest BCUT2D eigenvalue weighted by molar-refractivity contribution is -0.385. The van der Waals surface area contributed by atoms with E-state index >= 15 is 0 Å². The van der Waals surface area contributed by atoms with Gasteiger partial charge >= 0.3 is 0 Å². The number of nitro benzene ring substituents is 1. The van der Waals surface area contributed by atoms with Gasteiger partial charge in [-0.1, -0.05) is 46.8 Å². The van der Waals surface area contributed by atoms with E-state index in [1.165, 1.54) is 29.5 Å². The smallest absolute Gasteiger partial charge is 0.273 e. The number of aromatic nitrogens is 5. The van der Waals surface area contributed by atoms with Gasteiger partial charge in [0.2, 0.25) is 11.0 Å². The van der Waals surface area contributed by atoms with E-state index in [-0.39, 0.29) is 29.5 Å². The van der Waals surface area contributed by atoms with Crippen molar-refractivity contribution >= 4 is 57.3 Å². The van der Waals surface area contributed by atoms with Gasteiger partial charge < -0.3 is 5.32 Å². The van der Waals surface area contributed by atoms with E-state index < -0.39 is 10.8 Å². The van der Waals surface area contributed by atoms with Gasteiger partial charge in [-0.3, -0.25) is 29.6 Å². The Morgan fingerprint density at radius 2 is 1.95 bits per heavy atom. The molecule has 0 saturated carbocycles. The van der Waals surface area contributed by atoms with Crippen molar-refractivity contribution in [2.24, 2.45) is 0 Å².